The van der Waals surface area contributed by atoms with Crippen molar-refractivity contribution in [3.63, 3.8) is 0 Å². The van der Waals surface area contributed by atoms with Gasteiger partial charge in [0.2, 0.25) is 0 Å². The van der Waals surface area contributed by atoms with Gasteiger partial charge in [-0.15, -0.1) is 0 Å². The molecule has 5 heteroatoms. The number of piperazine rings is 1. The Labute approximate surface area is 114 Å². The van der Waals surface area contributed by atoms with Crippen LogP contribution >= 0.6 is 0 Å². The Morgan fingerprint density at radius 1 is 1.32 bits per heavy atom. The minimum Gasteiger partial charge on any atom is -0.395 e. The van der Waals surface area contributed by atoms with E-state index in [-0.39, 0.29) is 12.4 Å². The van der Waals surface area contributed by atoms with Gasteiger partial charge in [0.15, 0.2) is 0 Å². The predicted molar refractivity (Wildman–Crippen MR) is 77.9 cm³/mol. The highest BCUT2D eigenvalue weighted by Gasteiger charge is 2.17. The van der Waals surface area contributed by atoms with Gasteiger partial charge in [-0.3, -0.25) is 10.3 Å². The Bertz CT molecular complexity index is 453. The number of nitrogens with zero attached hydrogens (tertiary/aromatic N) is 2. The summed E-state index contributed by atoms with van der Waals surface area (Å²) in [6.07, 6.45) is 0. The average molecular weight is 262 g/mol. The van der Waals surface area contributed by atoms with Gasteiger partial charge in [-0.2, -0.15) is 0 Å². The van der Waals surface area contributed by atoms with Gasteiger partial charge in [-0.25, -0.2) is 0 Å². The molecule has 19 heavy (non-hydrogen) atoms. The summed E-state index contributed by atoms with van der Waals surface area (Å²) in [5.41, 5.74) is 8.57. The Kier molecular flexibility index (Phi) is 4.39. The quantitative estimate of drug-likeness (QED) is 0.542. The summed E-state index contributed by atoms with van der Waals surface area (Å²) in [7, 11) is 0. The van der Waals surface area contributed by atoms with Crippen LogP contribution in [-0.4, -0.2) is 55.2 Å². The zero-order valence-electron chi connectivity index (χ0n) is 11.4. The van der Waals surface area contributed by atoms with Crippen molar-refractivity contribution in [2.75, 3.05) is 44.2 Å². The number of anilines is 1. The average Bonchev–Trinajstić information content (AvgIpc) is 2.39. The summed E-state index contributed by atoms with van der Waals surface area (Å²) in [5.74, 6) is 0.122. The second-order valence-corrected chi connectivity index (χ2v) is 4.97. The van der Waals surface area contributed by atoms with Crippen molar-refractivity contribution < 1.29 is 5.11 Å². The van der Waals surface area contributed by atoms with E-state index in [9.17, 15) is 0 Å². The Morgan fingerprint density at radius 2 is 2.00 bits per heavy atom. The van der Waals surface area contributed by atoms with Crippen molar-refractivity contribution in [2.24, 2.45) is 5.73 Å². The molecule has 1 aromatic carbocycles. The van der Waals surface area contributed by atoms with Crippen molar-refractivity contribution in [3.8, 4) is 0 Å². The molecule has 0 aromatic heterocycles. The molecule has 1 heterocycles. The molecule has 0 atom stereocenters. The maximum absolute atomic E-state index is 8.93. The van der Waals surface area contributed by atoms with Crippen molar-refractivity contribution in [3.05, 3.63) is 29.3 Å². The number of rotatable bonds is 4. The molecule has 0 bridgehead atoms. The van der Waals surface area contributed by atoms with E-state index in [1.807, 2.05) is 19.1 Å². The van der Waals surface area contributed by atoms with E-state index in [1.165, 1.54) is 5.69 Å². The molecule has 0 amide bonds. The van der Waals surface area contributed by atoms with Gasteiger partial charge in [0.25, 0.3) is 0 Å². The van der Waals surface area contributed by atoms with E-state index in [4.69, 9.17) is 16.2 Å². The number of nitrogens with one attached hydrogen (secondary N) is 1. The minimum absolute atomic E-state index is 0.122. The molecule has 0 saturated carbocycles. The smallest absolute Gasteiger partial charge is 0.123 e. The number of nitrogen functional groups attached to an aromatic ring is 1. The van der Waals surface area contributed by atoms with Gasteiger partial charge < -0.3 is 15.7 Å². The second-order valence-electron chi connectivity index (χ2n) is 4.97. The van der Waals surface area contributed by atoms with Crippen LogP contribution < -0.4 is 10.6 Å². The van der Waals surface area contributed by atoms with Crippen molar-refractivity contribution in [1.82, 2.24) is 4.90 Å². The molecule has 1 aliphatic rings. The van der Waals surface area contributed by atoms with Crippen LogP contribution in [0, 0.1) is 12.3 Å². The summed E-state index contributed by atoms with van der Waals surface area (Å²) in [6, 6.07) is 6.05. The van der Waals surface area contributed by atoms with Crippen LogP contribution in [0.25, 0.3) is 0 Å². The first-order valence-electron chi connectivity index (χ1n) is 6.65. The molecule has 0 unspecified atom stereocenters. The van der Waals surface area contributed by atoms with Crippen LogP contribution in [0.4, 0.5) is 5.69 Å². The van der Waals surface area contributed by atoms with Crippen molar-refractivity contribution in [2.45, 2.75) is 6.92 Å². The molecule has 1 aliphatic heterocycles. The summed E-state index contributed by atoms with van der Waals surface area (Å²) in [5, 5.41) is 16.4. The standard InChI is InChI=1S/C14H22N4O/c1-11-10-12(2-3-13(11)14(15)16)18-6-4-17(5-7-18)8-9-19/h2-3,10,19H,4-9H2,1H3,(H3,15,16). The summed E-state index contributed by atoms with van der Waals surface area (Å²) in [4.78, 5) is 4.61. The van der Waals surface area contributed by atoms with E-state index >= 15 is 0 Å². The normalized spacial score (nSPS) is 16.6. The minimum atomic E-state index is 0.122. The zero-order chi connectivity index (χ0) is 13.8. The lowest BCUT2D eigenvalue weighted by molar-refractivity contribution is 0.189. The van der Waals surface area contributed by atoms with Crippen LogP contribution in [0.5, 0.6) is 0 Å². The van der Waals surface area contributed by atoms with Gasteiger partial charge in [-0.1, -0.05) is 0 Å². The van der Waals surface area contributed by atoms with Gasteiger partial charge >= 0.3 is 0 Å². The number of aliphatic hydroxyl groups is 1. The fraction of sp³-hybridized carbons (Fsp3) is 0.500. The lowest BCUT2D eigenvalue weighted by Gasteiger charge is -2.36. The Morgan fingerprint density at radius 3 is 2.53 bits per heavy atom. The van der Waals surface area contributed by atoms with Gasteiger partial charge in [-0.05, 0) is 30.7 Å². The second kappa shape index (κ2) is 6.04. The monoisotopic (exact) mass is 262 g/mol. The van der Waals surface area contributed by atoms with Crippen LogP contribution in [0.1, 0.15) is 11.1 Å². The number of hydrogen-bond acceptors (Lipinski definition) is 4. The molecule has 1 fully saturated rings. The number of benzene rings is 1. The number of aryl methyl sites for hydroxylation is 1. The Balaban J connectivity index is 2.04. The maximum Gasteiger partial charge on any atom is 0.123 e. The molecule has 0 spiro atoms. The lowest BCUT2D eigenvalue weighted by atomic mass is 10.1. The largest absolute Gasteiger partial charge is 0.395 e. The molecule has 0 radical (unpaired) electrons. The highest BCUT2D eigenvalue weighted by molar-refractivity contribution is 5.96. The molecular weight excluding hydrogens is 240 g/mol. The molecule has 104 valence electrons. The maximum atomic E-state index is 8.93. The van der Waals surface area contributed by atoms with Crippen LogP contribution in [0.15, 0.2) is 18.2 Å². The molecule has 5 nitrogen and oxygen atoms in total. The van der Waals surface area contributed by atoms with Gasteiger partial charge in [0.05, 0.1) is 6.61 Å². The Hall–Kier alpha value is -1.59. The lowest BCUT2D eigenvalue weighted by Crippen LogP contribution is -2.47. The third-order valence-electron chi connectivity index (χ3n) is 3.65. The van der Waals surface area contributed by atoms with Crippen molar-refractivity contribution in [1.29, 1.82) is 5.41 Å². The molecule has 0 aliphatic carbocycles. The van der Waals surface area contributed by atoms with E-state index in [0.717, 1.165) is 43.9 Å². The van der Waals surface area contributed by atoms with Crippen LogP contribution in [0.3, 0.4) is 0 Å². The summed E-state index contributed by atoms with van der Waals surface area (Å²) in [6.45, 7) is 6.88. The van der Waals surface area contributed by atoms with Crippen LogP contribution in [0.2, 0.25) is 0 Å². The molecular formula is C14H22N4O. The van der Waals surface area contributed by atoms with E-state index in [2.05, 4.69) is 15.9 Å². The summed E-state index contributed by atoms with van der Waals surface area (Å²) < 4.78 is 0. The first-order chi connectivity index (χ1) is 9.11. The van der Waals surface area contributed by atoms with E-state index in [1.54, 1.807) is 0 Å². The number of β-amino-alcohol motifs (C(OH)–C–C–N with tert-alkyl or cyclic N) is 1. The first-order valence-corrected chi connectivity index (χ1v) is 6.65. The molecule has 2 rings (SSSR count). The molecule has 4 N–H and O–H groups in total. The fourth-order valence-corrected chi connectivity index (χ4v) is 2.52. The number of amidine groups is 1. The highest BCUT2D eigenvalue weighted by Crippen LogP contribution is 2.20. The number of hydrogen-bond donors (Lipinski definition) is 3. The van der Waals surface area contributed by atoms with Crippen molar-refractivity contribution >= 4 is 11.5 Å². The first kappa shape index (κ1) is 13.8. The summed E-state index contributed by atoms with van der Waals surface area (Å²) >= 11 is 0. The third kappa shape index (κ3) is 3.24. The fourth-order valence-electron chi connectivity index (χ4n) is 2.52. The SMILES string of the molecule is Cc1cc(N2CCN(CCO)CC2)ccc1C(=N)N. The highest BCUT2D eigenvalue weighted by atomic mass is 16.3. The topological polar surface area (TPSA) is 76.6 Å². The molecule has 1 saturated heterocycles. The van der Waals surface area contributed by atoms with E-state index in [0.29, 0.717) is 0 Å². The predicted octanol–water partition coefficient (Wildman–Crippen LogP) is 0.393. The van der Waals surface area contributed by atoms with Gasteiger partial charge in [0.1, 0.15) is 5.84 Å². The number of aliphatic hydroxyl groups excluding tert-OH is 1. The molecule has 1 aromatic rings. The number of nitrogens with two attached hydrogens (primary N) is 1. The van der Waals surface area contributed by atoms with Crippen LogP contribution in [-0.2, 0) is 0 Å². The zero-order valence-corrected chi connectivity index (χ0v) is 11.4. The van der Waals surface area contributed by atoms with Gasteiger partial charge in [0, 0.05) is 44.0 Å². The third-order valence-corrected chi connectivity index (χ3v) is 3.65. The van der Waals surface area contributed by atoms with E-state index < -0.39 is 0 Å².